The molecule has 28 heavy (non-hydrogen) atoms. The minimum Gasteiger partial charge on any atom is -0.497 e. The Kier molecular flexibility index (Phi) is 5.64. The Morgan fingerprint density at radius 2 is 2.00 bits per heavy atom. The molecule has 1 fully saturated rings. The van der Waals surface area contributed by atoms with Gasteiger partial charge < -0.3 is 20.3 Å². The SMILES string of the molecule is COc1cc(F)c(C2CN(C)C(=O)C2NC(=O)Nc2ccc(Cl)nc2)c(F)c1. The van der Waals surface area contributed by atoms with E-state index in [2.05, 4.69) is 15.6 Å². The van der Waals surface area contributed by atoms with Gasteiger partial charge in [-0.3, -0.25) is 4.79 Å². The molecule has 1 aromatic heterocycles. The first-order valence-corrected chi connectivity index (χ1v) is 8.65. The van der Waals surface area contributed by atoms with Gasteiger partial charge in [0.25, 0.3) is 0 Å². The number of urea groups is 1. The van der Waals surface area contributed by atoms with E-state index in [0.717, 1.165) is 12.1 Å². The number of pyridine rings is 1. The van der Waals surface area contributed by atoms with Gasteiger partial charge in [-0.05, 0) is 12.1 Å². The first-order chi connectivity index (χ1) is 13.3. The van der Waals surface area contributed by atoms with E-state index < -0.39 is 35.5 Å². The van der Waals surface area contributed by atoms with Crippen molar-refractivity contribution in [1.29, 1.82) is 0 Å². The number of carbonyl (C=O) groups excluding carboxylic acids is 2. The third kappa shape index (κ3) is 3.99. The molecule has 1 aliphatic rings. The van der Waals surface area contributed by atoms with Gasteiger partial charge in [-0.1, -0.05) is 11.6 Å². The van der Waals surface area contributed by atoms with Gasteiger partial charge in [0.15, 0.2) is 0 Å². The van der Waals surface area contributed by atoms with Crippen LogP contribution in [0, 0.1) is 11.6 Å². The number of benzene rings is 1. The van der Waals surface area contributed by atoms with Crippen LogP contribution < -0.4 is 15.4 Å². The highest BCUT2D eigenvalue weighted by molar-refractivity contribution is 6.29. The molecule has 0 aliphatic carbocycles. The van der Waals surface area contributed by atoms with E-state index in [4.69, 9.17) is 16.3 Å². The molecule has 2 atom stereocenters. The average molecular weight is 411 g/mol. The largest absolute Gasteiger partial charge is 0.497 e. The summed E-state index contributed by atoms with van der Waals surface area (Å²) in [4.78, 5) is 29.9. The van der Waals surface area contributed by atoms with Crippen LogP contribution in [0.5, 0.6) is 5.75 Å². The number of hydrogen-bond donors (Lipinski definition) is 2. The highest BCUT2D eigenvalue weighted by atomic mass is 35.5. The Balaban J connectivity index is 1.83. The second kappa shape index (κ2) is 7.97. The monoisotopic (exact) mass is 410 g/mol. The highest BCUT2D eigenvalue weighted by Crippen LogP contribution is 2.33. The fraction of sp³-hybridized carbons (Fsp3) is 0.278. The number of nitrogens with zero attached hydrogens (tertiary/aromatic N) is 2. The Hall–Kier alpha value is -2.94. The van der Waals surface area contributed by atoms with Gasteiger partial charge in [-0.15, -0.1) is 0 Å². The second-order valence-electron chi connectivity index (χ2n) is 6.28. The lowest BCUT2D eigenvalue weighted by molar-refractivity contribution is -0.128. The molecule has 1 aliphatic heterocycles. The summed E-state index contributed by atoms with van der Waals surface area (Å²) in [6.45, 7) is 0.0481. The van der Waals surface area contributed by atoms with Crippen molar-refractivity contribution in [2.45, 2.75) is 12.0 Å². The molecule has 1 saturated heterocycles. The van der Waals surface area contributed by atoms with Crippen molar-refractivity contribution in [1.82, 2.24) is 15.2 Å². The number of likely N-dealkylation sites (N-methyl/N-ethyl adjacent to an activating group) is 1. The zero-order valence-corrected chi connectivity index (χ0v) is 15.8. The summed E-state index contributed by atoms with van der Waals surface area (Å²) < 4.78 is 33.9. The average Bonchev–Trinajstić information content (AvgIpc) is 2.91. The summed E-state index contributed by atoms with van der Waals surface area (Å²) in [5.41, 5.74) is 0.0658. The van der Waals surface area contributed by atoms with Gasteiger partial charge >= 0.3 is 6.03 Å². The predicted octanol–water partition coefficient (Wildman–Crippen LogP) is 2.77. The van der Waals surface area contributed by atoms with Crippen molar-refractivity contribution in [2.75, 3.05) is 26.0 Å². The Labute approximate surface area is 164 Å². The molecule has 7 nitrogen and oxygen atoms in total. The van der Waals surface area contributed by atoms with Crippen molar-refractivity contribution in [3.8, 4) is 5.75 Å². The molecule has 0 spiro atoms. The molecular formula is C18H17ClF2N4O3. The number of anilines is 1. The summed E-state index contributed by atoms with van der Waals surface area (Å²) in [6, 6.07) is 3.24. The van der Waals surface area contributed by atoms with Crippen LogP contribution in [0.25, 0.3) is 0 Å². The van der Waals surface area contributed by atoms with Crippen molar-refractivity contribution in [3.05, 3.63) is 52.8 Å². The van der Waals surface area contributed by atoms with E-state index in [1.807, 2.05) is 0 Å². The summed E-state index contributed by atoms with van der Waals surface area (Å²) in [6.07, 6.45) is 1.34. The third-order valence-electron chi connectivity index (χ3n) is 4.45. The lowest BCUT2D eigenvalue weighted by Gasteiger charge is -2.20. The van der Waals surface area contributed by atoms with Crippen molar-refractivity contribution >= 4 is 29.2 Å². The number of ether oxygens (including phenoxy) is 1. The van der Waals surface area contributed by atoms with Crippen LogP contribution in [0.1, 0.15) is 11.5 Å². The minimum atomic E-state index is -1.14. The van der Waals surface area contributed by atoms with Gasteiger partial charge in [0.05, 0.1) is 19.0 Å². The van der Waals surface area contributed by atoms with Crippen LogP contribution in [0.2, 0.25) is 5.15 Å². The fourth-order valence-electron chi connectivity index (χ4n) is 3.11. The fourth-order valence-corrected chi connectivity index (χ4v) is 3.22. The number of methoxy groups -OCH3 is 1. The molecule has 2 heterocycles. The number of aromatic nitrogens is 1. The smallest absolute Gasteiger partial charge is 0.319 e. The van der Waals surface area contributed by atoms with Crippen LogP contribution in [-0.2, 0) is 4.79 Å². The van der Waals surface area contributed by atoms with Gasteiger partial charge in [0.2, 0.25) is 5.91 Å². The number of hydrogen-bond acceptors (Lipinski definition) is 4. The van der Waals surface area contributed by atoms with E-state index >= 15 is 0 Å². The van der Waals surface area contributed by atoms with Crippen LogP contribution >= 0.6 is 11.6 Å². The molecule has 0 bridgehead atoms. The van der Waals surface area contributed by atoms with E-state index in [1.165, 1.54) is 37.4 Å². The maximum atomic E-state index is 14.5. The van der Waals surface area contributed by atoms with Gasteiger partial charge in [-0.25, -0.2) is 18.6 Å². The summed E-state index contributed by atoms with van der Waals surface area (Å²) in [7, 11) is 2.79. The molecule has 0 saturated carbocycles. The predicted molar refractivity (Wildman–Crippen MR) is 98.5 cm³/mol. The van der Waals surface area contributed by atoms with Crippen molar-refractivity contribution in [2.24, 2.45) is 0 Å². The second-order valence-corrected chi connectivity index (χ2v) is 6.66. The summed E-state index contributed by atoms with van der Waals surface area (Å²) in [5.74, 6) is -3.03. The molecule has 3 rings (SSSR count). The first kappa shape index (κ1) is 19.8. The van der Waals surface area contributed by atoms with Gasteiger partial charge in [-0.2, -0.15) is 0 Å². The van der Waals surface area contributed by atoms with Crippen molar-refractivity contribution in [3.63, 3.8) is 0 Å². The molecule has 10 heteroatoms. The number of likely N-dealkylation sites (tertiary alicyclic amines) is 1. The number of rotatable bonds is 4. The maximum absolute atomic E-state index is 14.5. The molecule has 148 valence electrons. The molecule has 3 amide bonds. The first-order valence-electron chi connectivity index (χ1n) is 8.27. The zero-order chi connectivity index (χ0) is 20.4. The molecule has 2 aromatic rings. The Bertz CT molecular complexity index is 887. The Morgan fingerprint density at radius 3 is 2.57 bits per heavy atom. The molecular weight excluding hydrogens is 394 g/mol. The van der Waals surface area contributed by atoms with E-state index in [9.17, 15) is 18.4 Å². The van der Waals surface area contributed by atoms with E-state index in [1.54, 1.807) is 0 Å². The standard InChI is InChI=1S/C18H17ClF2N4O3/c1-25-8-11(15-12(20)5-10(28-2)6-13(15)21)16(17(25)26)24-18(27)23-9-3-4-14(19)22-7-9/h3-7,11,16H,8H2,1-2H3,(H2,23,24,27). The van der Waals surface area contributed by atoms with E-state index in [0.29, 0.717) is 5.69 Å². The topological polar surface area (TPSA) is 83.6 Å². The van der Waals surface area contributed by atoms with E-state index in [-0.39, 0.29) is 23.0 Å². The number of amides is 3. The molecule has 2 unspecified atom stereocenters. The highest BCUT2D eigenvalue weighted by Gasteiger charge is 2.43. The van der Waals surface area contributed by atoms with Gasteiger partial charge in [0, 0.05) is 37.2 Å². The molecule has 1 aromatic carbocycles. The number of nitrogens with one attached hydrogen (secondary N) is 2. The Morgan fingerprint density at radius 1 is 1.32 bits per heavy atom. The number of halogens is 3. The number of carbonyl (C=O) groups is 2. The summed E-state index contributed by atoms with van der Waals surface area (Å²) >= 11 is 5.69. The molecule has 0 radical (unpaired) electrons. The molecule has 2 N–H and O–H groups in total. The van der Waals surface area contributed by atoms with Crippen LogP contribution in [0.15, 0.2) is 30.5 Å². The lowest BCUT2D eigenvalue weighted by atomic mass is 9.93. The van der Waals surface area contributed by atoms with Crippen molar-refractivity contribution < 1.29 is 23.1 Å². The minimum absolute atomic E-state index is 0.0221. The summed E-state index contributed by atoms with van der Waals surface area (Å²) in [5, 5.41) is 5.24. The third-order valence-corrected chi connectivity index (χ3v) is 4.67. The zero-order valence-electron chi connectivity index (χ0n) is 15.0. The van der Waals surface area contributed by atoms with Crippen LogP contribution in [0.3, 0.4) is 0 Å². The van der Waals surface area contributed by atoms with Gasteiger partial charge in [0.1, 0.15) is 28.6 Å². The maximum Gasteiger partial charge on any atom is 0.319 e. The normalized spacial score (nSPS) is 18.9. The van der Waals surface area contributed by atoms with Crippen LogP contribution in [-0.4, -0.2) is 48.6 Å². The quantitative estimate of drug-likeness (QED) is 0.759. The van der Waals surface area contributed by atoms with Crippen LogP contribution in [0.4, 0.5) is 19.3 Å². The lowest BCUT2D eigenvalue weighted by Crippen LogP contribution is -2.45.